The maximum atomic E-state index is 6.44. The van der Waals surface area contributed by atoms with Gasteiger partial charge in [-0.15, -0.1) is 0 Å². The van der Waals surface area contributed by atoms with Crippen LogP contribution in [-0.4, -0.2) is 31.0 Å². The molecule has 0 atom stereocenters. The van der Waals surface area contributed by atoms with Gasteiger partial charge in [0.15, 0.2) is 0 Å². The topological polar surface area (TPSA) is 33.3 Å². The molecule has 0 aromatic carbocycles. The Morgan fingerprint density at radius 1 is 0.929 bits per heavy atom. The van der Waals surface area contributed by atoms with E-state index in [0.717, 1.165) is 13.1 Å². The lowest BCUT2D eigenvalue weighted by atomic mass is 9.67. The highest BCUT2D eigenvalue weighted by atomic mass is 16.5. The predicted molar refractivity (Wildman–Crippen MR) is 52.9 cm³/mol. The zero-order valence-electron chi connectivity index (χ0n) is 8.57. The Labute approximate surface area is 84.6 Å². The lowest BCUT2D eigenvalue weighted by Gasteiger charge is -2.60. The van der Waals surface area contributed by atoms with Crippen LogP contribution in [0, 0.1) is 5.41 Å². The van der Waals surface area contributed by atoms with Gasteiger partial charge in [0, 0.05) is 25.0 Å². The molecule has 14 heavy (non-hydrogen) atoms. The summed E-state index contributed by atoms with van der Waals surface area (Å²) in [5, 5.41) is 6.94. The van der Waals surface area contributed by atoms with Crippen LogP contribution in [0.2, 0.25) is 0 Å². The Bertz CT molecular complexity index is 277. The number of fused-ring (bicyclic) bond motifs is 1. The third-order valence-electron chi connectivity index (χ3n) is 4.94. The molecule has 3 heteroatoms. The van der Waals surface area contributed by atoms with Gasteiger partial charge in [0.1, 0.15) is 5.72 Å². The molecule has 0 bridgehead atoms. The standard InChI is InChI=1S/C11H18N2O/c1-2-10(3-1)9(4-5-9)6-13-11(14-10)7-12-8-11/h12-13H,1-8H2. The van der Waals surface area contributed by atoms with Gasteiger partial charge in [-0.2, -0.15) is 0 Å². The average Bonchev–Trinajstić information content (AvgIpc) is 2.82. The van der Waals surface area contributed by atoms with Gasteiger partial charge in [0.05, 0.1) is 5.60 Å². The fourth-order valence-corrected chi connectivity index (χ4v) is 3.47. The summed E-state index contributed by atoms with van der Waals surface area (Å²) in [5.41, 5.74) is 0.862. The summed E-state index contributed by atoms with van der Waals surface area (Å²) in [7, 11) is 0. The van der Waals surface area contributed by atoms with Gasteiger partial charge in [0.2, 0.25) is 0 Å². The molecular weight excluding hydrogens is 176 g/mol. The van der Waals surface area contributed by atoms with Crippen LogP contribution in [0.1, 0.15) is 32.1 Å². The maximum absolute atomic E-state index is 6.44. The van der Waals surface area contributed by atoms with Gasteiger partial charge in [-0.3, -0.25) is 5.32 Å². The number of hydrogen-bond donors (Lipinski definition) is 2. The molecule has 2 N–H and O–H groups in total. The lowest BCUT2D eigenvalue weighted by molar-refractivity contribution is -0.278. The summed E-state index contributed by atoms with van der Waals surface area (Å²) in [6.45, 7) is 3.21. The highest BCUT2D eigenvalue weighted by molar-refractivity contribution is 5.19. The van der Waals surface area contributed by atoms with Gasteiger partial charge in [0.25, 0.3) is 0 Å². The van der Waals surface area contributed by atoms with Crippen LogP contribution in [0.25, 0.3) is 0 Å². The van der Waals surface area contributed by atoms with E-state index >= 15 is 0 Å². The fourth-order valence-electron chi connectivity index (χ4n) is 3.47. The molecule has 4 aliphatic rings. The lowest BCUT2D eigenvalue weighted by Crippen LogP contribution is -2.78. The smallest absolute Gasteiger partial charge is 0.145 e. The molecule has 2 aliphatic carbocycles. The van der Waals surface area contributed by atoms with Crippen molar-refractivity contribution in [1.29, 1.82) is 0 Å². The average molecular weight is 194 g/mol. The summed E-state index contributed by atoms with van der Waals surface area (Å²) >= 11 is 0. The predicted octanol–water partition coefficient (Wildman–Crippen LogP) is 0.609. The molecule has 2 saturated carbocycles. The Hall–Kier alpha value is -0.120. The van der Waals surface area contributed by atoms with Crippen molar-refractivity contribution in [2.75, 3.05) is 19.6 Å². The third kappa shape index (κ3) is 0.765. The van der Waals surface area contributed by atoms with Crippen molar-refractivity contribution in [1.82, 2.24) is 10.6 Å². The highest BCUT2D eigenvalue weighted by Gasteiger charge is 2.68. The van der Waals surface area contributed by atoms with E-state index in [2.05, 4.69) is 10.6 Å². The minimum Gasteiger partial charge on any atom is -0.351 e. The summed E-state index contributed by atoms with van der Waals surface area (Å²) in [4.78, 5) is 0. The second kappa shape index (κ2) is 2.18. The zero-order valence-corrected chi connectivity index (χ0v) is 8.57. The van der Waals surface area contributed by atoms with Crippen LogP contribution >= 0.6 is 0 Å². The number of nitrogens with one attached hydrogen (secondary N) is 2. The molecular formula is C11H18N2O. The van der Waals surface area contributed by atoms with Crippen LogP contribution in [0.15, 0.2) is 0 Å². The van der Waals surface area contributed by atoms with E-state index in [-0.39, 0.29) is 5.72 Å². The Kier molecular flexibility index (Phi) is 1.26. The first-order valence-corrected chi connectivity index (χ1v) is 5.94. The Balaban J connectivity index is 1.65. The van der Waals surface area contributed by atoms with E-state index in [4.69, 9.17) is 4.74 Å². The van der Waals surface area contributed by atoms with Crippen molar-refractivity contribution >= 4 is 0 Å². The summed E-state index contributed by atoms with van der Waals surface area (Å²) in [6, 6.07) is 0. The van der Waals surface area contributed by atoms with Crippen molar-refractivity contribution in [3.05, 3.63) is 0 Å². The van der Waals surface area contributed by atoms with E-state index in [1.165, 1.54) is 38.6 Å². The molecule has 2 aliphatic heterocycles. The van der Waals surface area contributed by atoms with E-state index in [1.807, 2.05) is 0 Å². The largest absolute Gasteiger partial charge is 0.351 e. The van der Waals surface area contributed by atoms with Crippen LogP contribution in [0.5, 0.6) is 0 Å². The Morgan fingerprint density at radius 3 is 2.14 bits per heavy atom. The fraction of sp³-hybridized carbons (Fsp3) is 1.00. The molecule has 3 spiro atoms. The van der Waals surface area contributed by atoms with Crippen molar-refractivity contribution < 1.29 is 4.74 Å². The van der Waals surface area contributed by atoms with Crippen molar-refractivity contribution in [3.8, 4) is 0 Å². The van der Waals surface area contributed by atoms with Gasteiger partial charge < -0.3 is 10.1 Å². The summed E-state index contributed by atoms with van der Waals surface area (Å²) < 4.78 is 6.44. The normalized spacial score (nSPS) is 39.4. The van der Waals surface area contributed by atoms with Crippen LogP contribution < -0.4 is 10.6 Å². The van der Waals surface area contributed by atoms with Gasteiger partial charge in [-0.05, 0) is 32.1 Å². The SMILES string of the molecule is C1CC2(C1)OC1(CNC1)NCC21CC1. The molecule has 0 aromatic rings. The molecule has 0 aromatic heterocycles. The number of ether oxygens (including phenoxy) is 1. The van der Waals surface area contributed by atoms with Crippen LogP contribution in [-0.2, 0) is 4.74 Å². The first-order valence-electron chi connectivity index (χ1n) is 5.94. The summed E-state index contributed by atoms with van der Waals surface area (Å²) in [6.07, 6.45) is 6.80. The molecule has 2 saturated heterocycles. The van der Waals surface area contributed by atoms with Crippen LogP contribution in [0.4, 0.5) is 0 Å². The molecule has 0 radical (unpaired) electrons. The quantitative estimate of drug-likeness (QED) is 0.593. The number of rotatable bonds is 0. The molecule has 2 heterocycles. The number of hydrogen-bond acceptors (Lipinski definition) is 3. The minimum absolute atomic E-state index is 0.0221. The molecule has 0 unspecified atom stereocenters. The second-order valence-corrected chi connectivity index (χ2v) is 5.68. The first-order chi connectivity index (χ1) is 6.79. The summed E-state index contributed by atoms with van der Waals surface area (Å²) in [5.74, 6) is 0. The van der Waals surface area contributed by atoms with E-state index in [0.29, 0.717) is 11.0 Å². The monoisotopic (exact) mass is 194 g/mol. The molecule has 4 rings (SSSR count). The molecule has 0 amide bonds. The van der Waals surface area contributed by atoms with E-state index in [1.54, 1.807) is 0 Å². The van der Waals surface area contributed by atoms with Crippen molar-refractivity contribution in [3.63, 3.8) is 0 Å². The molecule has 3 nitrogen and oxygen atoms in total. The van der Waals surface area contributed by atoms with Crippen molar-refractivity contribution in [2.45, 2.75) is 43.4 Å². The Morgan fingerprint density at radius 2 is 1.71 bits per heavy atom. The minimum atomic E-state index is 0.0221. The van der Waals surface area contributed by atoms with Gasteiger partial charge in [-0.25, -0.2) is 0 Å². The molecule has 78 valence electrons. The van der Waals surface area contributed by atoms with Gasteiger partial charge >= 0.3 is 0 Å². The van der Waals surface area contributed by atoms with E-state index in [9.17, 15) is 0 Å². The van der Waals surface area contributed by atoms with Crippen LogP contribution in [0.3, 0.4) is 0 Å². The second-order valence-electron chi connectivity index (χ2n) is 5.68. The highest BCUT2D eigenvalue weighted by Crippen LogP contribution is 2.65. The maximum Gasteiger partial charge on any atom is 0.145 e. The van der Waals surface area contributed by atoms with E-state index < -0.39 is 0 Å². The van der Waals surface area contributed by atoms with Gasteiger partial charge in [-0.1, -0.05) is 0 Å². The third-order valence-corrected chi connectivity index (χ3v) is 4.94. The first kappa shape index (κ1) is 8.08. The van der Waals surface area contributed by atoms with Crippen molar-refractivity contribution in [2.24, 2.45) is 5.41 Å². The zero-order chi connectivity index (χ0) is 9.28. The molecule has 4 fully saturated rings.